The number of hydrogen-bond acceptors (Lipinski definition) is 4. The largest absolute Gasteiger partial charge is 0.394 e. The van der Waals surface area contributed by atoms with Gasteiger partial charge in [0.15, 0.2) is 0 Å². The van der Waals surface area contributed by atoms with Crippen molar-refractivity contribution >= 4 is 17.7 Å². The summed E-state index contributed by atoms with van der Waals surface area (Å²) in [6.45, 7) is 1.72. The average molecular weight is 264 g/mol. The number of benzene rings is 1. The van der Waals surface area contributed by atoms with Gasteiger partial charge in [0.25, 0.3) is 5.91 Å². The molecule has 1 atom stereocenters. The van der Waals surface area contributed by atoms with E-state index in [4.69, 9.17) is 10.4 Å². The van der Waals surface area contributed by atoms with E-state index in [1.807, 2.05) is 12.1 Å². The van der Waals surface area contributed by atoms with Gasteiger partial charge in [-0.25, -0.2) is 0 Å². The molecule has 1 unspecified atom stereocenters. The first kappa shape index (κ1) is 14.6. The fraction of sp³-hybridized carbons (Fsp3) is 0.385. The predicted molar refractivity (Wildman–Crippen MR) is 71.4 cm³/mol. The second kappa shape index (κ2) is 7.04. The summed E-state index contributed by atoms with van der Waals surface area (Å²) in [5, 5.41) is 17.6. The highest BCUT2D eigenvalue weighted by Gasteiger charge is 2.16. The summed E-state index contributed by atoms with van der Waals surface area (Å²) in [6, 6.07) is 9.00. The molecule has 1 aromatic rings. The molecular formula is C13H16N2O2S. The van der Waals surface area contributed by atoms with Crippen LogP contribution in [0.4, 0.5) is 0 Å². The lowest BCUT2D eigenvalue weighted by atomic mass is 10.2. The molecule has 0 aliphatic heterocycles. The Morgan fingerprint density at radius 3 is 2.94 bits per heavy atom. The van der Waals surface area contributed by atoms with Crippen molar-refractivity contribution in [2.24, 2.45) is 0 Å². The highest BCUT2D eigenvalue weighted by Crippen LogP contribution is 2.19. The molecule has 0 aromatic heterocycles. The standard InChI is InChI=1S/C13H16N2O2S/c1-10(9-16)15(2)13(17)11-4-3-5-12(8-11)18-7-6-14/h3-5,8,10,16H,7,9H2,1-2H3. The van der Waals surface area contributed by atoms with E-state index in [2.05, 4.69) is 0 Å². The molecular weight excluding hydrogens is 248 g/mol. The molecule has 5 heteroatoms. The van der Waals surface area contributed by atoms with Crippen LogP contribution in [0, 0.1) is 11.3 Å². The minimum atomic E-state index is -0.215. The highest BCUT2D eigenvalue weighted by atomic mass is 32.2. The third kappa shape index (κ3) is 3.76. The number of rotatable bonds is 5. The van der Waals surface area contributed by atoms with Gasteiger partial charge in [0, 0.05) is 17.5 Å². The molecule has 0 radical (unpaired) electrons. The number of hydrogen-bond donors (Lipinski definition) is 1. The topological polar surface area (TPSA) is 64.3 Å². The number of aliphatic hydroxyl groups is 1. The molecule has 96 valence electrons. The fourth-order valence-electron chi connectivity index (χ4n) is 1.36. The highest BCUT2D eigenvalue weighted by molar-refractivity contribution is 7.99. The van der Waals surface area contributed by atoms with Crippen LogP contribution < -0.4 is 0 Å². The summed E-state index contributed by atoms with van der Waals surface area (Å²) in [7, 11) is 1.66. The van der Waals surface area contributed by atoms with Gasteiger partial charge in [0.05, 0.1) is 24.5 Å². The van der Waals surface area contributed by atoms with Crippen molar-refractivity contribution in [3.63, 3.8) is 0 Å². The first-order valence-corrected chi connectivity index (χ1v) is 6.56. The predicted octanol–water partition coefficient (Wildman–Crippen LogP) is 1.76. The van der Waals surface area contributed by atoms with E-state index in [1.54, 1.807) is 32.2 Å². The average Bonchev–Trinajstić information content (AvgIpc) is 2.42. The first-order chi connectivity index (χ1) is 8.60. The fourth-order valence-corrected chi connectivity index (χ4v) is 1.98. The minimum absolute atomic E-state index is 0.0644. The number of likely N-dealkylation sites (N-methyl/N-ethyl adjacent to an activating group) is 1. The molecule has 4 nitrogen and oxygen atoms in total. The van der Waals surface area contributed by atoms with Crippen LogP contribution >= 0.6 is 11.8 Å². The van der Waals surface area contributed by atoms with Crippen molar-refractivity contribution in [2.45, 2.75) is 17.9 Å². The van der Waals surface area contributed by atoms with E-state index in [-0.39, 0.29) is 18.6 Å². The second-order valence-corrected chi connectivity index (χ2v) is 4.97. The molecule has 1 amide bonds. The summed E-state index contributed by atoms with van der Waals surface area (Å²) in [5.41, 5.74) is 0.570. The maximum atomic E-state index is 12.1. The first-order valence-electron chi connectivity index (χ1n) is 5.58. The Morgan fingerprint density at radius 2 is 2.33 bits per heavy atom. The third-order valence-electron chi connectivity index (χ3n) is 2.63. The number of carbonyl (C=O) groups is 1. The van der Waals surface area contributed by atoms with Crippen LogP contribution in [-0.4, -0.2) is 41.4 Å². The maximum Gasteiger partial charge on any atom is 0.253 e. The van der Waals surface area contributed by atoms with Crippen molar-refractivity contribution in [1.29, 1.82) is 5.26 Å². The Kier molecular flexibility index (Phi) is 5.69. The lowest BCUT2D eigenvalue weighted by Gasteiger charge is -2.23. The van der Waals surface area contributed by atoms with Gasteiger partial charge in [-0.05, 0) is 25.1 Å². The molecule has 0 aliphatic rings. The normalized spacial score (nSPS) is 11.7. The number of amides is 1. The monoisotopic (exact) mass is 264 g/mol. The summed E-state index contributed by atoms with van der Waals surface area (Å²) in [5.74, 6) is 0.233. The van der Waals surface area contributed by atoms with Crippen molar-refractivity contribution in [3.05, 3.63) is 29.8 Å². The molecule has 1 N–H and O–H groups in total. The number of nitrogens with zero attached hydrogens (tertiary/aromatic N) is 2. The van der Waals surface area contributed by atoms with E-state index < -0.39 is 0 Å². The summed E-state index contributed by atoms with van der Waals surface area (Å²) < 4.78 is 0. The quantitative estimate of drug-likeness (QED) is 0.823. The van der Waals surface area contributed by atoms with E-state index in [1.165, 1.54) is 16.7 Å². The molecule has 0 fully saturated rings. The van der Waals surface area contributed by atoms with E-state index >= 15 is 0 Å². The molecule has 0 saturated heterocycles. The smallest absolute Gasteiger partial charge is 0.253 e. The van der Waals surface area contributed by atoms with Gasteiger partial charge in [-0.15, -0.1) is 11.8 Å². The van der Waals surface area contributed by atoms with Gasteiger partial charge in [0.2, 0.25) is 0 Å². The zero-order chi connectivity index (χ0) is 13.5. The lowest BCUT2D eigenvalue weighted by Crippen LogP contribution is -2.37. The van der Waals surface area contributed by atoms with Crippen LogP contribution in [-0.2, 0) is 0 Å². The van der Waals surface area contributed by atoms with Gasteiger partial charge in [-0.2, -0.15) is 5.26 Å². The summed E-state index contributed by atoms with van der Waals surface area (Å²) in [6.07, 6.45) is 0. The Balaban J connectivity index is 2.83. The SMILES string of the molecule is CC(CO)N(C)C(=O)c1cccc(SCC#N)c1. The number of carbonyl (C=O) groups excluding carboxylic acids is 1. The molecule has 1 aromatic carbocycles. The van der Waals surface area contributed by atoms with Crippen molar-refractivity contribution < 1.29 is 9.90 Å². The lowest BCUT2D eigenvalue weighted by molar-refractivity contribution is 0.0682. The number of nitriles is 1. The van der Waals surface area contributed by atoms with Crippen LogP contribution in [0.2, 0.25) is 0 Å². The summed E-state index contributed by atoms with van der Waals surface area (Å²) in [4.78, 5) is 14.5. The van der Waals surface area contributed by atoms with Crippen molar-refractivity contribution in [1.82, 2.24) is 4.90 Å². The maximum absolute atomic E-state index is 12.1. The molecule has 0 bridgehead atoms. The van der Waals surface area contributed by atoms with Crippen molar-refractivity contribution in [2.75, 3.05) is 19.4 Å². The Labute approximate surface area is 111 Å². The molecule has 0 saturated carbocycles. The summed E-state index contributed by atoms with van der Waals surface area (Å²) >= 11 is 1.40. The number of thioether (sulfide) groups is 1. The zero-order valence-corrected chi connectivity index (χ0v) is 11.3. The Hall–Kier alpha value is -1.51. The van der Waals surface area contributed by atoms with E-state index in [0.717, 1.165) is 4.90 Å². The Morgan fingerprint density at radius 1 is 1.61 bits per heavy atom. The molecule has 1 rings (SSSR count). The van der Waals surface area contributed by atoms with Gasteiger partial charge in [-0.1, -0.05) is 6.07 Å². The molecule has 0 heterocycles. The third-order valence-corrected chi connectivity index (χ3v) is 3.49. The van der Waals surface area contributed by atoms with Crippen molar-refractivity contribution in [3.8, 4) is 6.07 Å². The van der Waals surface area contributed by atoms with Gasteiger partial charge in [-0.3, -0.25) is 4.79 Å². The zero-order valence-electron chi connectivity index (χ0n) is 10.5. The van der Waals surface area contributed by atoms with Crippen LogP contribution in [0.3, 0.4) is 0 Å². The Bertz CT molecular complexity index is 457. The van der Waals surface area contributed by atoms with Gasteiger partial charge >= 0.3 is 0 Å². The number of aliphatic hydroxyl groups excluding tert-OH is 1. The van der Waals surface area contributed by atoms with Gasteiger partial charge in [0.1, 0.15) is 0 Å². The van der Waals surface area contributed by atoms with Crippen LogP contribution in [0.25, 0.3) is 0 Å². The van der Waals surface area contributed by atoms with E-state index in [9.17, 15) is 4.79 Å². The molecule has 0 aliphatic carbocycles. The molecule has 18 heavy (non-hydrogen) atoms. The van der Waals surface area contributed by atoms with Crippen LogP contribution in [0.1, 0.15) is 17.3 Å². The minimum Gasteiger partial charge on any atom is -0.394 e. The van der Waals surface area contributed by atoms with Crippen LogP contribution in [0.15, 0.2) is 29.2 Å². The van der Waals surface area contributed by atoms with E-state index in [0.29, 0.717) is 11.3 Å². The second-order valence-electron chi connectivity index (χ2n) is 3.92. The molecule has 0 spiro atoms. The van der Waals surface area contributed by atoms with Crippen LogP contribution in [0.5, 0.6) is 0 Å². The van der Waals surface area contributed by atoms with Gasteiger partial charge < -0.3 is 10.0 Å².